The lowest BCUT2D eigenvalue weighted by Crippen LogP contribution is -2.42. The van der Waals surface area contributed by atoms with Crippen molar-refractivity contribution in [1.82, 2.24) is 5.32 Å². The van der Waals surface area contributed by atoms with Crippen molar-refractivity contribution >= 4 is 9.84 Å². The maximum absolute atomic E-state index is 11.3. The van der Waals surface area contributed by atoms with E-state index in [-0.39, 0.29) is 23.7 Å². The Morgan fingerprint density at radius 2 is 2.19 bits per heavy atom. The number of sulfone groups is 1. The molecule has 5 nitrogen and oxygen atoms in total. The van der Waals surface area contributed by atoms with Crippen LogP contribution in [0.15, 0.2) is 0 Å². The van der Waals surface area contributed by atoms with Crippen LogP contribution in [0.5, 0.6) is 0 Å². The molecular formula is C10H19NO4S. The molecule has 0 bridgehead atoms. The predicted octanol–water partition coefficient (Wildman–Crippen LogP) is -0.841. The summed E-state index contributed by atoms with van der Waals surface area (Å²) in [6.45, 7) is 3.53. The topological polar surface area (TPSA) is 75.6 Å². The van der Waals surface area contributed by atoms with Crippen molar-refractivity contribution in [1.29, 1.82) is 0 Å². The summed E-state index contributed by atoms with van der Waals surface area (Å²) in [5.41, 5.74) is 0. The minimum absolute atomic E-state index is 0.0517. The summed E-state index contributed by atoms with van der Waals surface area (Å²) in [5.74, 6) is 0.368. The average molecular weight is 249 g/mol. The second kappa shape index (κ2) is 4.60. The van der Waals surface area contributed by atoms with Crippen molar-refractivity contribution in [3.8, 4) is 0 Å². The van der Waals surface area contributed by atoms with E-state index in [0.717, 1.165) is 19.6 Å². The molecule has 0 saturated carbocycles. The molecule has 2 fully saturated rings. The molecular weight excluding hydrogens is 230 g/mol. The van der Waals surface area contributed by atoms with Gasteiger partial charge in [-0.1, -0.05) is 0 Å². The summed E-state index contributed by atoms with van der Waals surface area (Å²) in [6.07, 6.45) is 0.467. The van der Waals surface area contributed by atoms with Crippen molar-refractivity contribution < 1.29 is 18.3 Å². The molecule has 0 aromatic heterocycles. The summed E-state index contributed by atoms with van der Waals surface area (Å²) in [6, 6.07) is -0.308. The standard InChI is InChI=1S/C10H19NO4S/c1-7-8(2-3-15-7)4-11-9-5-16(13,14)6-10(9)12/h7-12H,2-6H2,1H3. The van der Waals surface area contributed by atoms with Crippen LogP contribution in [0.2, 0.25) is 0 Å². The highest BCUT2D eigenvalue weighted by atomic mass is 32.2. The van der Waals surface area contributed by atoms with Crippen LogP contribution in [0.3, 0.4) is 0 Å². The lowest BCUT2D eigenvalue weighted by Gasteiger charge is -2.19. The van der Waals surface area contributed by atoms with E-state index in [0.29, 0.717) is 5.92 Å². The quantitative estimate of drug-likeness (QED) is 0.682. The average Bonchev–Trinajstić information content (AvgIpc) is 2.67. The fourth-order valence-corrected chi connectivity index (χ4v) is 4.15. The summed E-state index contributed by atoms with van der Waals surface area (Å²) < 4.78 is 28.0. The highest BCUT2D eigenvalue weighted by Gasteiger charge is 2.37. The fourth-order valence-electron chi connectivity index (χ4n) is 2.37. The normalized spacial score (nSPS) is 42.6. The number of nitrogens with one attached hydrogen (secondary N) is 1. The molecule has 0 aliphatic carbocycles. The number of aliphatic hydroxyl groups excluding tert-OH is 1. The molecule has 0 amide bonds. The van der Waals surface area contributed by atoms with Gasteiger partial charge in [0.2, 0.25) is 0 Å². The van der Waals surface area contributed by atoms with Crippen LogP contribution in [0.25, 0.3) is 0 Å². The van der Waals surface area contributed by atoms with E-state index >= 15 is 0 Å². The zero-order chi connectivity index (χ0) is 11.8. The van der Waals surface area contributed by atoms with Crippen LogP contribution in [0.1, 0.15) is 13.3 Å². The molecule has 6 heteroatoms. The van der Waals surface area contributed by atoms with Crippen molar-refractivity contribution in [3.05, 3.63) is 0 Å². The second-order valence-electron chi connectivity index (χ2n) is 4.78. The van der Waals surface area contributed by atoms with Crippen LogP contribution in [-0.2, 0) is 14.6 Å². The SMILES string of the molecule is CC1OCCC1CNC1CS(=O)(=O)CC1O. The molecule has 0 aromatic rings. The number of hydrogen-bond donors (Lipinski definition) is 2. The number of hydrogen-bond acceptors (Lipinski definition) is 5. The zero-order valence-corrected chi connectivity index (χ0v) is 10.2. The number of aliphatic hydroxyl groups is 1. The first-order valence-corrected chi connectivity index (χ1v) is 7.53. The van der Waals surface area contributed by atoms with Gasteiger partial charge in [-0.3, -0.25) is 0 Å². The van der Waals surface area contributed by atoms with Gasteiger partial charge < -0.3 is 15.2 Å². The van der Waals surface area contributed by atoms with Gasteiger partial charge in [0.15, 0.2) is 9.84 Å². The Balaban J connectivity index is 1.82. The molecule has 4 unspecified atom stereocenters. The Morgan fingerprint density at radius 3 is 2.69 bits per heavy atom. The van der Waals surface area contributed by atoms with E-state index in [2.05, 4.69) is 5.32 Å². The molecule has 2 N–H and O–H groups in total. The van der Waals surface area contributed by atoms with Gasteiger partial charge in [-0.25, -0.2) is 8.42 Å². The molecule has 2 heterocycles. The van der Waals surface area contributed by atoms with Crippen LogP contribution in [0.4, 0.5) is 0 Å². The number of ether oxygens (including phenoxy) is 1. The largest absolute Gasteiger partial charge is 0.390 e. The van der Waals surface area contributed by atoms with Crippen LogP contribution < -0.4 is 5.32 Å². The Kier molecular flexibility index (Phi) is 3.53. The minimum atomic E-state index is -3.05. The summed E-state index contributed by atoms with van der Waals surface area (Å²) >= 11 is 0. The third-order valence-corrected chi connectivity index (χ3v) is 5.21. The van der Waals surface area contributed by atoms with E-state index in [9.17, 15) is 13.5 Å². The second-order valence-corrected chi connectivity index (χ2v) is 6.94. The molecule has 0 spiro atoms. The highest BCUT2D eigenvalue weighted by molar-refractivity contribution is 7.91. The molecule has 2 saturated heterocycles. The Hall–Kier alpha value is -0.170. The highest BCUT2D eigenvalue weighted by Crippen LogP contribution is 2.20. The van der Waals surface area contributed by atoms with Gasteiger partial charge in [-0.05, 0) is 19.3 Å². The van der Waals surface area contributed by atoms with Gasteiger partial charge in [0.25, 0.3) is 0 Å². The molecule has 94 valence electrons. The molecule has 2 aliphatic heterocycles. The summed E-state index contributed by atoms with van der Waals surface area (Å²) in [5, 5.41) is 12.7. The number of rotatable bonds is 3. The molecule has 2 rings (SSSR count). The molecule has 4 atom stereocenters. The van der Waals surface area contributed by atoms with E-state index in [4.69, 9.17) is 4.74 Å². The first-order valence-electron chi connectivity index (χ1n) is 5.71. The molecule has 0 aromatic carbocycles. The van der Waals surface area contributed by atoms with Gasteiger partial charge in [0.05, 0.1) is 23.7 Å². The minimum Gasteiger partial charge on any atom is -0.390 e. The van der Waals surface area contributed by atoms with Crippen LogP contribution in [0, 0.1) is 5.92 Å². The smallest absolute Gasteiger partial charge is 0.154 e. The van der Waals surface area contributed by atoms with E-state index < -0.39 is 15.9 Å². The van der Waals surface area contributed by atoms with Gasteiger partial charge >= 0.3 is 0 Å². The Labute approximate surface area is 96.1 Å². The third-order valence-electron chi connectivity index (χ3n) is 3.50. The maximum atomic E-state index is 11.3. The van der Waals surface area contributed by atoms with Crippen LogP contribution >= 0.6 is 0 Å². The third kappa shape index (κ3) is 2.74. The zero-order valence-electron chi connectivity index (χ0n) is 9.43. The van der Waals surface area contributed by atoms with E-state index in [1.54, 1.807) is 0 Å². The van der Waals surface area contributed by atoms with Gasteiger partial charge in [-0.2, -0.15) is 0 Å². The monoisotopic (exact) mass is 249 g/mol. The summed E-state index contributed by atoms with van der Waals surface area (Å²) in [4.78, 5) is 0. The summed E-state index contributed by atoms with van der Waals surface area (Å²) in [7, 11) is -3.05. The predicted molar refractivity (Wildman–Crippen MR) is 60.0 cm³/mol. The Morgan fingerprint density at radius 1 is 1.44 bits per heavy atom. The lowest BCUT2D eigenvalue weighted by atomic mass is 10.0. The maximum Gasteiger partial charge on any atom is 0.154 e. The van der Waals surface area contributed by atoms with Crippen LogP contribution in [-0.4, -0.2) is 56.4 Å². The fraction of sp³-hybridized carbons (Fsp3) is 1.00. The van der Waals surface area contributed by atoms with E-state index in [1.165, 1.54) is 0 Å². The van der Waals surface area contributed by atoms with Crippen molar-refractivity contribution in [2.45, 2.75) is 31.6 Å². The van der Waals surface area contributed by atoms with Gasteiger partial charge in [0.1, 0.15) is 0 Å². The van der Waals surface area contributed by atoms with Gasteiger partial charge in [-0.15, -0.1) is 0 Å². The van der Waals surface area contributed by atoms with Crippen molar-refractivity contribution in [2.24, 2.45) is 5.92 Å². The lowest BCUT2D eigenvalue weighted by molar-refractivity contribution is 0.102. The first-order chi connectivity index (χ1) is 7.48. The molecule has 0 radical (unpaired) electrons. The van der Waals surface area contributed by atoms with Crippen molar-refractivity contribution in [3.63, 3.8) is 0 Å². The molecule has 2 aliphatic rings. The van der Waals surface area contributed by atoms with Gasteiger partial charge in [0, 0.05) is 19.2 Å². The van der Waals surface area contributed by atoms with Crippen molar-refractivity contribution in [2.75, 3.05) is 24.7 Å². The Bertz CT molecular complexity index is 343. The first kappa shape index (κ1) is 12.3. The molecule has 16 heavy (non-hydrogen) atoms. The van der Waals surface area contributed by atoms with E-state index in [1.807, 2.05) is 6.92 Å².